The smallest absolute Gasteiger partial charge is 0.286 e. The number of benzene rings is 1. The summed E-state index contributed by atoms with van der Waals surface area (Å²) in [6, 6.07) is 9.09. The summed E-state index contributed by atoms with van der Waals surface area (Å²) in [7, 11) is 0. The highest BCUT2D eigenvalue weighted by Crippen LogP contribution is 2.24. The van der Waals surface area contributed by atoms with E-state index >= 15 is 0 Å². The molecule has 0 saturated carbocycles. The van der Waals surface area contributed by atoms with E-state index in [4.69, 9.17) is 0 Å². The van der Waals surface area contributed by atoms with Crippen LogP contribution < -0.4 is 5.32 Å². The number of carbonyl (C=O) groups excluding carboxylic acids is 3. The molecule has 0 spiro atoms. The van der Waals surface area contributed by atoms with E-state index in [1.54, 1.807) is 17.0 Å². The van der Waals surface area contributed by atoms with E-state index in [0.29, 0.717) is 31.1 Å². The van der Waals surface area contributed by atoms with Crippen LogP contribution in [0.25, 0.3) is 0 Å². The minimum Gasteiger partial charge on any atom is -0.343 e. The molecule has 1 N–H and O–H groups in total. The first-order valence-electron chi connectivity index (χ1n) is 10.9. The van der Waals surface area contributed by atoms with E-state index in [9.17, 15) is 14.4 Å². The lowest BCUT2D eigenvalue weighted by Gasteiger charge is -2.33. The van der Waals surface area contributed by atoms with Gasteiger partial charge in [0, 0.05) is 38.3 Å². The number of nitrogens with zero attached hydrogens (tertiary/aromatic N) is 4. The first kappa shape index (κ1) is 21.4. The Balaban J connectivity index is 1.27. The number of nitrogens with one attached hydrogen (secondary N) is 1. The highest BCUT2D eigenvalue weighted by Gasteiger charge is 2.29. The van der Waals surface area contributed by atoms with Gasteiger partial charge in [-0.15, -0.1) is 10.2 Å². The summed E-state index contributed by atoms with van der Waals surface area (Å²) >= 11 is 1.01. The van der Waals surface area contributed by atoms with Crippen LogP contribution >= 0.6 is 11.3 Å². The zero-order chi connectivity index (χ0) is 21.6. The Morgan fingerprint density at radius 1 is 0.903 bits per heavy atom. The minimum atomic E-state index is -0.377. The first-order valence-corrected chi connectivity index (χ1v) is 11.7. The third kappa shape index (κ3) is 5.46. The van der Waals surface area contributed by atoms with Crippen LogP contribution in [0.3, 0.4) is 0 Å². The normalized spacial score (nSPS) is 17.4. The maximum Gasteiger partial charge on any atom is 0.286 e. The SMILES string of the molecule is O=C(Nc1ccccc1)c1nnc(C(=O)N2CCC(CC(=O)N3CCCCC3)CC2)s1. The largest absolute Gasteiger partial charge is 0.343 e. The molecular formula is C22H27N5O3S. The van der Waals surface area contributed by atoms with Crippen LogP contribution in [-0.2, 0) is 4.79 Å². The Kier molecular flexibility index (Phi) is 6.91. The quantitative estimate of drug-likeness (QED) is 0.769. The Morgan fingerprint density at radius 2 is 1.58 bits per heavy atom. The van der Waals surface area contributed by atoms with E-state index in [1.807, 2.05) is 23.1 Å². The van der Waals surface area contributed by atoms with Gasteiger partial charge in [-0.1, -0.05) is 29.5 Å². The molecule has 2 aliphatic rings. The first-order chi connectivity index (χ1) is 15.1. The zero-order valence-corrected chi connectivity index (χ0v) is 18.3. The lowest BCUT2D eigenvalue weighted by molar-refractivity contribution is -0.133. The van der Waals surface area contributed by atoms with Crippen molar-refractivity contribution in [2.24, 2.45) is 5.92 Å². The van der Waals surface area contributed by atoms with Crippen molar-refractivity contribution in [3.8, 4) is 0 Å². The van der Waals surface area contributed by atoms with Crippen molar-refractivity contribution in [1.29, 1.82) is 0 Å². The summed E-state index contributed by atoms with van der Waals surface area (Å²) in [6.07, 6.45) is 5.62. The number of para-hydroxylation sites is 1. The average molecular weight is 442 g/mol. The van der Waals surface area contributed by atoms with Crippen molar-refractivity contribution in [1.82, 2.24) is 20.0 Å². The van der Waals surface area contributed by atoms with Crippen LogP contribution in [-0.4, -0.2) is 63.9 Å². The summed E-state index contributed by atoms with van der Waals surface area (Å²) in [6.45, 7) is 2.96. The lowest BCUT2D eigenvalue weighted by Crippen LogP contribution is -2.41. The fourth-order valence-electron chi connectivity index (χ4n) is 4.10. The molecule has 9 heteroatoms. The van der Waals surface area contributed by atoms with Gasteiger partial charge in [0.1, 0.15) is 0 Å². The summed E-state index contributed by atoms with van der Waals surface area (Å²) in [5.41, 5.74) is 0.664. The second-order valence-corrected chi connectivity index (χ2v) is 9.09. The molecule has 2 fully saturated rings. The molecule has 3 heterocycles. The van der Waals surface area contributed by atoms with Crippen LogP contribution in [0.5, 0.6) is 0 Å². The molecular weight excluding hydrogens is 414 g/mol. The third-order valence-electron chi connectivity index (χ3n) is 5.91. The average Bonchev–Trinajstić information content (AvgIpc) is 3.31. The zero-order valence-electron chi connectivity index (χ0n) is 17.5. The molecule has 1 aromatic carbocycles. The molecule has 8 nitrogen and oxygen atoms in total. The number of piperidine rings is 2. The van der Waals surface area contributed by atoms with E-state index in [0.717, 1.165) is 50.1 Å². The molecule has 3 amide bonds. The van der Waals surface area contributed by atoms with Gasteiger partial charge in [-0.3, -0.25) is 14.4 Å². The fraction of sp³-hybridized carbons (Fsp3) is 0.500. The molecule has 2 saturated heterocycles. The van der Waals surface area contributed by atoms with Crippen molar-refractivity contribution < 1.29 is 14.4 Å². The van der Waals surface area contributed by atoms with Crippen molar-refractivity contribution in [2.45, 2.75) is 38.5 Å². The van der Waals surface area contributed by atoms with Crippen molar-refractivity contribution in [3.05, 3.63) is 40.3 Å². The molecule has 0 aliphatic carbocycles. The van der Waals surface area contributed by atoms with E-state index < -0.39 is 0 Å². The molecule has 1 aromatic heterocycles. The van der Waals surface area contributed by atoms with E-state index in [-0.39, 0.29) is 27.7 Å². The maximum absolute atomic E-state index is 12.8. The molecule has 2 aromatic rings. The van der Waals surface area contributed by atoms with Gasteiger partial charge < -0.3 is 15.1 Å². The second kappa shape index (κ2) is 10.00. The number of rotatable bonds is 5. The monoisotopic (exact) mass is 441 g/mol. The predicted octanol–water partition coefficient (Wildman–Crippen LogP) is 3.05. The molecule has 4 rings (SSSR count). The second-order valence-electron chi connectivity index (χ2n) is 8.11. The van der Waals surface area contributed by atoms with Crippen LogP contribution in [0.2, 0.25) is 0 Å². The van der Waals surface area contributed by atoms with Crippen molar-refractivity contribution >= 4 is 34.7 Å². The predicted molar refractivity (Wildman–Crippen MR) is 118 cm³/mol. The van der Waals surface area contributed by atoms with Gasteiger partial charge in [-0.25, -0.2) is 0 Å². The van der Waals surface area contributed by atoms with Crippen molar-refractivity contribution in [3.63, 3.8) is 0 Å². The van der Waals surface area contributed by atoms with Crippen LogP contribution in [0.15, 0.2) is 30.3 Å². The number of aromatic nitrogens is 2. The van der Waals surface area contributed by atoms with Gasteiger partial charge in [-0.05, 0) is 50.2 Å². The number of anilines is 1. The topological polar surface area (TPSA) is 95.5 Å². The van der Waals surface area contributed by atoms with Gasteiger partial charge in [0.15, 0.2) is 0 Å². The standard InChI is InChI=1S/C22H27N5O3S/c28-18(26-11-5-2-6-12-26)15-16-9-13-27(14-10-16)22(30)21-25-24-20(31-21)19(29)23-17-7-3-1-4-8-17/h1,3-4,7-8,16H,2,5-6,9-15H2,(H,23,29). The molecule has 0 unspecified atom stereocenters. The van der Waals surface area contributed by atoms with Gasteiger partial charge in [0.05, 0.1) is 0 Å². The van der Waals surface area contributed by atoms with Gasteiger partial charge >= 0.3 is 0 Å². The molecule has 2 aliphatic heterocycles. The Morgan fingerprint density at radius 3 is 2.29 bits per heavy atom. The maximum atomic E-state index is 12.8. The molecule has 164 valence electrons. The van der Waals surface area contributed by atoms with Gasteiger partial charge in [0.2, 0.25) is 15.9 Å². The third-order valence-corrected chi connectivity index (χ3v) is 6.82. The summed E-state index contributed by atoms with van der Waals surface area (Å²) in [5.74, 6) is -0.00229. The number of amides is 3. The number of hydrogen-bond donors (Lipinski definition) is 1. The highest BCUT2D eigenvalue weighted by molar-refractivity contribution is 7.15. The number of carbonyl (C=O) groups is 3. The summed E-state index contributed by atoms with van der Waals surface area (Å²) < 4.78 is 0. The summed E-state index contributed by atoms with van der Waals surface area (Å²) in [5, 5.41) is 11.0. The fourth-order valence-corrected chi connectivity index (χ4v) is 4.81. The molecule has 31 heavy (non-hydrogen) atoms. The Labute approximate surface area is 185 Å². The highest BCUT2D eigenvalue weighted by atomic mass is 32.1. The van der Waals surface area contributed by atoms with Crippen LogP contribution in [0.4, 0.5) is 5.69 Å². The van der Waals surface area contributed by atoms with Crippen LogP contribution in [0.1, 0.15) is 58.1 Å². The molecule has 0 radical (unpaired) electrons. The molecule has 0 atom stereocenters. The van der Waals surface area contributed by atoms with Crippen LogP contribution in [0, 0.1) is 5.92 Å². The molecule has 0 bridgehead atoms. The van der Waals surface area contributed by atoms with Gasteiger partial charge in [-0.2, -0.15) is 0 Å². The lowest BCUT2D eigenvalue weighted by atomic mass is 9.92. The Hall–Kier alpha value is -2.81. The Bertz CT molecular complexity index is 918. The summed E-state index contributed by atoms with van der Waals surface area (Å²) in [4.78, 5) is 41.4. The van der Waals surface area contributed by atoms with E-state index in [2.05, 4.69) is 15.5 Å². The van der Waals surface area contributed by atoms with E-state index in [1.165, 1.54) is 6.42 Å². The van der Waals surface area contributed by atoms with Gasteiger partial charge in [0.25, 0.3) is 11.8 Å². The number of hydrogen-bond acceptors (Lipinski definition) is 6. The minimum absolute atomic E-state index is 0.161. The number of likely N-dealkylation sites (tertiary alicyclic amines) is 2. The van der Waals surface area contributed by atoms with Crippen molar-refractivity contribution in [2.75, 3.05) is 31.5 Å².